The van der Waals surface area contributed by atoms with Crippen LogP contribution in [0.4, 0.5) is 10.1 Å². The third-order valence-electron chi connectivity index (χ3n) is 5.53. The number of benzene rings is 3. The molecular formula is C25H21Cl3FN3S. The van der Waals surface area contributed by atoms with Crippen molar-refractivity contribution >= 4 is 52.3 Å². The number of halogens is 4. The number of imidazole rings is 1. The van der Waals surface area contributed by atoms with Crippen molar-refractivity contribution in [1.82, 2.24) is 9.55 Å². The lowest BCUT2D eigenvalue weighted by Crippen LogP contribution is -2.23. The summed E-state index contributed by atoms with van der Waals surface area (Å²) in [5.41, 5.74) is 9.68. The quantitative estimate of drug-likeness (QED) is 0.206. The number of anilines is 1. The Hall–Kier alpha value is -2.18. The molecule has 170 valence electrons. The number of thioether (sulfide) groups is 1. The molecule has 8 heteroatoms. The third-order valence-corrected chi connectivity index (χ3v) is 7.62. The molecular weight excluding hydrogens is 500 g/mol. The zero-order valence-corrected chi connectivity index (χ0v) is 21.0. The van der Waals surface area contributed by atoms with Crippen molar-refractivity contribution in [1.29, 1.82) is 0 Å². The van der Waals surface area contributed by atoms with E-state index in [-0.39, 0.29) is 5.82 Å². The summed E-state index contributed by atoms with van der Waals surface area (Å²) in [6, 6.07) is 17.6. The van der Waals surface area contributed by atoms with Crippen LogP contribution in [0.25, 0.3) is 5.69 Å². The van der Waals surface area contributed by atoms with Gasteiger partial charge in [-0.2, -0.15) is 0 Å². The SMILES string of the molecule is CC(C)(c1ccc(Cl)c(Cl)c1)c1cnc(SCc2ccc(N)c(Cl)c2)n1-c1ccc(F)cc1. The van der Waals surface area contributed by atoms with Gasteiger partial charge < -0.3 is 5.73 Å². The van der Waals surface area contributed by atoms with Crippen molar-refractivity contribution in [2.75, 3.05) is 5.73 Å². The Morgan fingerprint density at radius 2 is 1.67 bits per heavy atom. The smallest absolute Gasteiger partial charge is 0.173 e. The van der Waals surface area contributed by atoms with E-state index in [1.54, 1.807) is 36.0 Å². The second kappa shape index (κ2) is 9.59. The Balaban J connectivity index is 1.77. The van der Waals surface area contributed by atoms with E-state index in [2.05, 4.69) is 13.8 Å². The summed E-state index contributed by atoms with van der Waals surface area (Å²) in [4.78, 5) is 4.72. The molecule has 0 saturated carbocycles. The van der Waals surface area contributed by atoms with Gasteiger partial charge in [-0.15, -0.1) is 0 Å². The lowest BCUT2D eigenvalue weighted by molar-refractivity contribution is 0.591. The van der Waals surface area contributed by atoms with Crippen LogP contribution >= 0.6 is 46.6 Å². The lowest BCUT2D eigenvalue weighted by Gasteiger charge is -2.28. The van der Waals surface area contributed by atoms with Crippen LogP contribution in [0.15, 0.2) is 72.0 Å². The van der Waals surface area contributed by atoms with Gasteiger partial charge in [0.05, 0.1) is 32.6 Å². The first-order chi connectivity index (χ1) is 15.7. The summed E-state index contributed by atoms with van der Waals surface area (Å²) < 4.78 is 15.7. The molecule has 0 spiro atoms. The maximum atomic E-state index is 13.7. The molecule has 0 fully saturated rings. The first-order valence-corrected chi connectivity index (χ1v) is 12.2. The van der Waals surface area contributed by atoms with Gasteiger partial charge >= 0.3 is 0 Å². The van der Waals surface area contributed by atoms with Gasteiger partial charge in [0.1, 0.15) is 5.82 Å². The van der Waals surface area contributed by atoms with Crippen molar-refractivity contribution in [3.8, 4) is 5.69 Å². The van der Waals surface area contributed by atoms with Crippen LogP contribution in [0.2, 0.25) is 15.1 Å². The molecule has 3 nitrogen and oxygen atoms in total. The highest BCUT2D eigenvalue weighted by molar-refractivity contribution is 7.98. The zero-order chi connectivity index (χ0) is 23.8. The van der Waals surface area contributed by atoms with Crippen LogP contribution in [0, 0.1) is 5.82 Å². The number of nitrogens with two attached hydrogens (primary N) is 1. The third kappa shape index (κ3) is 5.02. The molecule has 4 rings (SSSR count). The summed E-state index contributed by atoms with van der Waals surface area (Å²) in [7, 11) is 0. The molecule has 2 N–H and O–H groups in total. The fourth-order valence-electron chi connectivity index (χ4n) is 3.56. The topological polar surface area (TPSA) is 43.8 Å². The first kappa shape index (κ1) is 24.0. The molecule has 0 bridgehead atoms. The minimum absolute atomic E-state index is 0.296. The minimum Gasteiger partial charge on any atom is -0.398 e. The van der Waals surface area contributed by atoms with E-state index in [1.807, 2.05) is 35.0 Å². The van der Waals surface area contributed by atoms with E-state index in [0.717, 1.165) is 27.7 Å². The van der Waals surface area contributed by atoms with E-state index in [0.29, 0.717) is 26.5 Å². The maximum Gasteiger partial charge on any atom is 0.173 e. The summed E-state index contributed by atoms with van der Waals surface area (Å²) in [6.45, 7) is 4.19. The highest BCUT2D eigenvalue weighted by Crippen LogP contribution is 2.38. The minimum atomic E-state index is -0.459. The van der Waals surface area contributed by atoms with Gasteiger partial charge in [0.2, 0.25) is 0 Å². The summed E-state index contributed by atoms with van der Waals surface area (Å²) in [6.07, 6.45) is 1.85. The number of nitrogen functional groups attached to an aromatic ring is 1. The van der Waals surface area contributed by atoms with Crippen molar-refractivity contribution in [3.63, 3.8) is 0 Å². The Morgan fingerprint density at radius 3 is 2.33 bits per heavy atom. The molecule has 0 aliphatic rings. The number of rotatable bonds is 6. The molecule has 4 aromatic rings. The van der Waals surface area contributed by atoms with E-state index in [9.17, 15) is 4.39 Å². The maximum absolute atomic E-state index is 13.7. The largest absolute Gasteiger partial charge is 0.398 e. The highest BCUT2D eigenvalue weighted by Gasteiger charge is 2.30. The first-order valence-electron chi connectivity index (χ1n) is 10.1. The molecule has 33 heavy (non-hydrogen) atoms. The standard InChI is InChI=1S/C25H21Cl3FN3S/c1-25(2,16-4-9-19(26)20(27)12-16)23-13-31-24(32(23)18-7-5-17(29)6-8-18)33-14-15-3-10-22(30)21(28)11-15/h3-13H,14,30H2,1-2H3. The molecule has 0 amide bonds. The van der Waals surface area contributed by atoms with Gasteiger partial charge in [-0.1, -0.05) is 72.5 Å². The number of hydrogen-bond donors (Lipinski definition) is 1. The van der Waals surface area contributed by atoms with Crippen LogP contribution in [-0.2, 0) is 11.2 Å². The van der Waals surface area contributed by atoms with Crippen LogP contribution in [0.5, 0.6) is 0 Å². The molecule has 0 unspecified atom stereocenters. The Bertz CT molecular complexity index is 1300. The number of hydrogen-bond acceptors (Lipinski definition) is 3. The zero-order valence-electron chi connectivity index (χ0n) is 17.9. The van der Waals surface area contributed by atoms with Gasteiger partial charge in [-0.3, -0.25) is 4.57 Å². The second-order valence-electron chi connectivity index (χ2n) is 8.14. The fraction of sp³-hybridized carbons (Fsp3) is 0.160. The summed E-state index contributed by atoms with van der Waals surface area (Å²) in [5.74, 6) is 0.347. The number of nitrogens with zero attached hydrogens (tertiary/aromatic N) is 2. The molecule has 0 aliphatic carbocycles. The van der Waals surface area contributed by atoms with Gasteiger partial charge in [0, 0.05) is 16.9 Å². The predicted octanol–water partition coefficient (Wildman–Crippen LogP) is 8.17. The normalized spacial score (nSPS) is 11.7. The van der Waals surface area contributed by atoms with Gasteiger partial charge in [0.25, 0.3) is 0 Å². The number of aromatic nitrogens is 2. The van der Waals surface area contributed by atoms with E-state index >= 15 is 0 Å². The molecule has 1 heterocycles. The van der Waals surface area contributed by atoms with E-state index < -0.39 is 5.41 Å². The predicted molar refractivity (Wildman–Crippen MR) is 138 cm³/mol. The Morgan fingerprint density at radius 1 is 0.939 bits per heavy atom. The Kier molecular flexibility index (Phi) is 6.96. The van der Waals surface area contributed by atoms with Gasteiger partial charge in [-0.05, 0) is 59.7 Å². The van der Waals surface area contributed by atoms with Crippen LogP contribution in [0.3, 0.4) is 0 Å². The van der Waals surface area contributed by atoms with Crippen LogP contribution < -0.4 is 5.73 Å². The van der Waals surface area contributed by atoms with Crippen molar-refractivity contribution in [2.24, 2.45) is 0 Å². The van der Waals surface area contributed by atoms with Gasteiger partial charge in [0.15, 0.2) is 5.16 Å². The average Bonchev–Trinajstić information content (AvgIpc) is 3.22. The van der Waals surface area contributed by atoms with Crippen molar-refractivity contribution in [3.05, 3.63) is 105 Å². The van der Waals surface area contributed by atoms with Crippen molar-refractivity contribution < 1.29 is 4.39 Å². The van der Waals surface area contributed by atoms with Crippen LogP contribution in [-0.4, -0.2) is 9.55 Å². The molecule has 0 aliphatic heterocycles. The summed E-state index contributed by atoms with van der Waals surface area (Å²) >= 11 is 20.2. The molecule has 3 aromatic carbocycles. The Labute approximate surface area is 211 Å². The fourth-order valence-corrected chi connectivity index (χ4v) is 4.99. The van der Waals surface area contributed by atoms with E-state index in [1.165, 1.54) is 12.1 Å². The average molecular weight is 521 g/mol. The lowest BCUT2D eigenvalue weighted by atomic mass is 9.81. The molecule has 1 aromatic heterocycles. The molecule has 0 saturated heterocycles. The second-order valence-corrected chi connectivity index (χ2v) is 10.3. The molecule has 0 radical (unpaired) electrons. The van der Waals surface area contributed by atoms with E-state index in [4.69, 9.17) is 45.5 Å². The monoisotopic (exact) mass is 519 g/mol. The summed E-state index contributed by atoms with van der Waals surface area (Å²) in [5, 5.41) is 2.29. The van der Waals surface area contributed by atoms with Crippen molar-refractivity contribution in [2.45, 2.75) is 30.2 Å². The van der Waals surface area contributed by atoms with Crippen LogP contribution in [0.1, 0.15) is 30.7 Å². The highest BCUT2D eigenvalue weighted by atomic mass is 35.5. The molecule has 0 atom stereocenters. The van der Waals surface area contributed by atoms with Gasteiger partial charge in [-0.25, -0.2) is 9.37 Å².